The minimum absolute atomic E-state index is 0.0740. The number of alkyl halides is 3. The third kappa shape index (κ3) is 2.89. The molecule has 1 aromatic carbocycles. The third-order valence-corrected chi connectivity index (χ3v) is 1.56. The highest BCUT2D eigenvalue weighted by molar-refractivity contribution is 5.51. The molecule has 5 heteroatoms. The number of aliphatic hydroxyl groups excluding tert-OH is 1. The lowest BCUT2D eigenvalue weighted by Crippen LogP contribution is -2.18. The summed E-state index contributed by atoms with van der Waals surface area (Å²) in [6, 6.07) is 3.95. The molecule has 0 saturated heterocycles. The molecular weight excluding hydrogens is 209 g/mol. The first-order valence-corrected chi connectivity index (χ1v) is 3.80. The van der Waals surface area contributed by atoms with E-state index >= 15 is 0 Å². The van der Waals surface area contributed by atoms with Gasteiger partial charge < -0.3 is 9.84 Å². The van der Waals surface area contributed by atoms with Gasteiger partial charge in [-0.2, -0.15) is 0 Å². The van der Waals surface area contributed by atoms with Crippen LogP contribution in [0.2, 0.25) is 0 Å². The summed E-state index contributed by atoms with van der Waals surface area (Å²) in [5.41, 5.74) is -0.196. The summed E-state index contributed by atoms with van der Waals surface area (Å²) in [6.45, 7) is 0.502. The van der Waals surface area contributed by atoms with Gasteiger partial charge in [-0.3, -0.25) is 0 Å². The van der Waals surface area contributed by atoms with Crippen LogP contribution in [0.3, 0.4) is 0 Å². The van der Waals surface area contributed by atoms with Crippen molar-refractivity contribution in [3.8, 4) is 18.1 Å². The van der Waals surface area contributed by atoms with Gasteiger partial charge in [0.15, 0.2) is 5.75 Å². The van der Waals surface area contributed by atoms with E-state index in [1.54, 1.807) is 0 Å². The molecule has 0 atom stereocenters. The van der Waals surface area contributed by atoms with Crippen LogP contribution in [0.5, 0.6) is 5.75 Å². The topological polar surface area (TPSA) is 29.5 Å². The predicted octanol–water partition coefficient (Wildman–Crippen LogP) is 2.45. The van der Waals surface area contributed by atoms with Gasteiger partial charge in [0.25, 0.3) is 0 Å². The van der Waals surface area contributed by atoms with Crippen LogP contribution in [0.1, 0.15) is 11.1 Å². The van der Waals surface area contributed by atoms with Crippen molar-refractivity contribution in [3.63, 3.8) is 0 Å². The van der Waals surface area contributed by atoms with E-state index in [1.807, 2.05) is 5.92 Å². The average Bonchev–Trinajstić information content (AvgIpc) is 2.16. The van der Waals surface area contributed by atoms with Gasteiger partial charge in [0.05, 0.1) is 5.56 Å². The van der Waals surface area contributed by atoms with Crippen LogP contribution < -0.4 is 4.74 Å². The zero-order chi connectivity index (χ0) is 11.5. The van der Waals surface area contributed by atoms with E-state index in [0.717, 1.165) is 0 Å². The molecule has 0 spiro atoms. The number of terminal acetylenes is 1. The van der Waals surface area contributed by atoms with Crippen LogP contribution in [0.4, 0.5) is 13.2 Å². The van der Waals surface area contributed by atoms with Gasteiger partial charge in [-0.25, -0.2) is 0 Å². The third-order valence-electron chi connectivity index (χ3n) is 1.56. The zero-order valence-electron chi connectivity index (χ0n) is 7.38. The number of halogens is 3. The van der Waals surface area contributed by atoms with Crippen molar-refractivity contribution in [2.24, 2.45) is 0 Å². The zero-order valence-corrected chi connectivity index (χ0v) is 7.38. The summed E-state index contributed by atoms with van der Waals surface area (Å²) in [5, 5.41) is 8.69. The summed E-state index contributed by atoms with van der Waals surface area (Å²) < 4.78 is 39.7. The Bertz CT molecular complexity index is 391. The minimum atomic E-state index is -4.84. The van der Waals surface area contributed by atoms with Crippen molar-refractivity contribution in [1.29, 1.82) is 0 Å². The number of aliphatic hydroxyl groups is 1. The molecule has 1 aromatic rings. The fraction of sp³-hybridized carbons (Fsp3) is 0.100. The second-order valence-electron chi connectivity index (χ2n) is 2.55. The quantitative estimate of drug-likeness (QED) is 0.768. The molecule has 1 N–H and O–H groups in total. The van der Waals surface area contributed by atoms with Crippen LogP contribution in [-0.4, -0.2) is 11.5 Å². The lowest BCUT2D eigenvalue weighted by Gasteiger charge is -2.13. The van der Waals surface area contributed by atoms with E-state index in [9.17, 15) is 13.2 Å². The van der Waals surface area contributed by atoms with Crippen LogP contribution in [0.15, 0.2) is 18.2 Å². The number of ether oxygens (including phenoxy) is 1. The number of benzene rings is 1. The Balaban J connectivity index is 3.18. The van der Waals surface area contributed by atoms with Crippen LogP contribution in [0, 0.1) is 19.0 Å². The lowest BCUT2D eigenvalue weighted by molar-refractivity contribution is -0.274. The molecule has 0 amide bonds. The monoisotopic (exact) mass is 215 g/mol. The van der Waals surface area contributed by atoms with E-state index in [2.05, 4.69) is 4.74 Å². The first kappa shape index (κ1) is 11.4. The molecule has 0 heterocycles. The molecular formula is C10H6F3O2. The molecule has 2 nitrogen and oxygen atoms in total. The molecule has 0 fully saturated rings. The Labute approximate surface area is 84.3 Å². The summed E-state index contributed by atoms with van der Waals surface area (Å²) in [6.07, 6.45) is 0.158. The maximum atomic E-state index is 12.0. The van der Waals surface area contributed by atoms with E-state index in [4.69, 9.17) is 11.5 Å². The van der Waals surface area contributed by atoms with Gasteiger partial charge in [-0.05, 0) is 6.07 Å². The maximum absolute atomic E-state index is 12.0. The van der Waals surface area contributed by atoms with Crippen molar-refractivity contribution < 1.29 is 23.0 Å². The second-order valence-corrected chi connectivity index (χ2v) is 2.55. The van der Waals surface area contributed by atoms with Gasteiger partial charge in [-0.1, -0.05) is 18.1 Å². The summed E-state index contributed by atoms with van der Waals surface area (Å²) >= 11 is 0. The molecule has 0 saturated carbocycles. The van der Waals surface area contributed by atoms with E-state index in [-0.39, 0.29) is 11.1 Å². The maximum Gasteiger partial charge on any atom is 0.573 e. The molecule has 0 aliphatic heterocycles. The summed E-state index contributed by atoms with van der Waals surface area (Å²) in [4.78, 5) is 0. The van der Waals surface area contributed by atoms with Crippen molar-refractivity contribution in [3.05, 3.63) is 35.9 Å². The highest BCUT2D eigenvalue weighted by Gasteiger charge is 2.33. The highest BCUT2D eigenvalue weighted by atomic mass is 19.4. The number of para-hydroxylation sites is 1. The second kappa shape index (κ2) is 4.24. The Morgan fingerprint density at radius 1 is 1.40 bits per heavy atom. The fourth-order valence-electron chi connectivity index (χ4n) is 1.000. The van der Waals surface area contributed by atoms with Gasteiger partial charge in [-0.15, -0.1) is 19.6 Å². The summed E-state index contributed by atoms with van der Waals surface area (Å²) in [5.74, 6) is 1.46. The van der Waals surface area contributed by atoms with Crippen molar-refractivity contribution in [2.75, 3.05) is 0 Å². The minimum Gasteiger partial charge on any atom is -0.404 e. The van der Waals surface area contributed by atoms with Crippen LogP contribution in [0.25, 0.3) is 0 Å². The van der Waals surface area contributed by atoms with Gasteiger partial charge in [0.1, 0.15) is 6.61 Å². The largest absolute Gasteiger partial charge is 0.573 e. The van der Waals surface area contributed by atoms with Crippen molar-refractivity contribution >= 4 is 0 Å². The molecule has 1 rings (SSSR count). The SMILES string of the molecule is C#Cc1cccc([CH]O)c1OC(F)(F)F. The molecule has 79 valence electrons. The number of hydrogen-bond acceptors (Lipinski definition) is 2. The van der Waals surface area contributed by atoms with Gasteiger partial charge in [0, 0.05) is 5.56 Å². The smallest absolute Gasteiger partial charge is 0.404 e. The van der Waals surface area contributed by atoms with Crippen molar-refractivity contribution in [2.45, 2.75) is 6.36 Å². The molecule has 0 unspecified atom stereocenters. The van der Waals surface area contributed by atoms with E-state index < -0.39 is 12.1 Å². The first-order valence-electron chi connectivity index (χ1n) is 3.80. The number of rotatable bonds is 2. The number of hydrogen-bond donors (Lipinski definition) is 1. The predicted molar refractivity (Wildman–Crippen MR) is 46.4 cm³/mol. The highest BCUT2D eigenvalue weighted by Crippen LogP contribution is 2.30. The van der Waals surface area contributed by atoms with E-state index in [0.29, 0.717) is 6.61 Å². The average molecular weight is 215 g/mol. The van der Waals surface area contributed by atoms with E-state index in [1.165, 1.54) is 18.2 Å². The van der Waals surface area contributed by atoms with Crippen LogP contribution in [-0.2, 0) is 0 Å². The standard InChI is InChI=1S/C10H6F3O2/c1-2-7-4-3-5-8(6-14)9(7)15-10(11,12)13/h1,3-6,14H. The Morgan fingerprint density at radius 2 is 2.07 bits per heavy atom. The van der Waals surface area contributed by atoms with Gasteiger partial charge >= 0.3 is 6.36 Å². The molecule has 0 aliphatic rings. The molecule has 1 radical (unpaired) electrons. The molecule has 0 aliphatic carbocycles. The molecule has 0 bridgehead atoms. The van der Waals surface area contributed by atoms with Crippen LogP contribution >= 0.6 is 0 Å². The first-order chi connectivity index (χ1) is 6.98. The normalized spacial score (nSPS) is 10.9. The van der Waals surface area contributed by atoms with Gasteiger partial charge in [0.2, 0.25) is 0 Å². The Hall–Kier alpha value is -1.67. The molecule has 15 heavy (non-hydrogen) atoms. The molecule has 0 aromatic heterocycles. The Morgan fingerprint density at radius 3 is 2.53 bits per heavy atom. The lowest BCUT2D eigenvalue weighted by atomic mass is 10.1. The Kier molecular flexibility index (Phi) is 3.22. The van der Waals surface area contributed by atoms with Crippen molar-refractivity contribution in [1.82, 2.24) is 0 Å². The fourth-order valence-corrected chi connectivity index (χ4v) is 1.000. The summed E-state index contributed by atoms with van der Waals surface area (Å²) in [7, 11) is 0.